The molecule has 0 fully saturated rings. The zero-order valence-electron chi connectivity index (χ0n) is 9.60. The van der Waals surface area contributed by atoms with Gasteiger partial charge < -0.3 is 0 Å². The zero-order chi connectivity index (χ0) is 12.7. The Labute approximate surface area is 102 Å². The number of imide groups is 1. The van der Waals surface area contributed by atoms with Crippen LogP contribution >= 0.6 is 0 Å². The fourth-order valence-corrected chi connectivity index (χ4v) is 2.41. The molecular formula is C12H11N3O3. The number of rotatable bonds is 1. The molecule has 0 spiro atoms. The predicted octanol–water partition coefficient (Wildman–Crippen LogP) is 0.514. The van der Waals surface area contributed by atoms with Gasteiger partial charge in [0.25, 0.3) is 17.4 Å². The van der Waals surface area contributed by atoms with E-state index in [1.54, 1.807) is 0 Å². The van der Waals surface area contributed by atoms with Crippen molar-refractivity contribution in [3.8, 4) is 0 Å². The van der Waals surface area contributed by atoms with Crippen molar-refractivity contribution in [2.75, 3.05) is 4.90 Å². The van der Waals surface area contributed by atoms with Crippen molar-refractivity contribution in [2.45, 2.75) is 25.7 Å². The van der Waals surface area contributed by atoms with E-state index in [0.29, 0.717) is 24.0 Å². The summed E-state index contributed by atoms with van der Waals surface area (Å²) in [4.78, 5) is 36.3. The van der Waals surface area contributed by atoms with Gasteiger partial charge in [0.2, 0.25) is 0 Å². The number of anilines is 1. The average Bonchev–Trinajstić information content (AvgIpc) is 2.64. The van der Waals surface area contributed by atoms with Crippen LogP contribution in [0, 0.1) is 0 Å². The van der Waals surface area contributed by atoms with E-state index in [9.17, 15) is 14.4 Å². The first-order valence-electron chi connectivity index (χ1n) is 5.85. The molecule has 1 aromatic heterocycles. The van der Waals surface area contributed by atoms with Gasteiger partial charge in [0.1, 0.15) is 0 Å². The molecule has 1 aliphatic heterocycles. The van der Waals surface area contributed by atoms with Gasteiger partial charge in [0.15, 0.2) is 5.82 Å². The molecule has 0 atom stereocenters. The first kappa shape index (κ1) is 10.9. The lowest BCUT2D eigenvalue weighted by atomic mass is 9.93. The Morgan fingerprint density at radius 3 is 2.11 bits per heavy atom. The van der Waals surface area contributed by atoms with E-state index in [1.165, 1.54) is 12.1 Å². The van der Waals surface area contributed by atoms with Crippen LogP contribution in [0.3, 0.4) is 0 Å². The van der Waals surface area contributed by atoms with E-state index in [2.05, 4.69) is 10.2 Å². The van der Waals surface area contributed by atoms with E-state index in [-0.39, 0.29) is 23.2 Å². The maximum atomic E-state index is 12.2. The molecule has 0 radical (unpaired) electrons. The summed E-state index contributed by atoms with van der Waals surface area (Å²) in [5.41, 5.74) is 0.856. The van der Waals surface area contributed by atoms with E-state index >= 15 is 0 Å². The summed E-state index contributed by atoms with van der Waals surface area (Å²) in [5, 5.41) is 5.97. The Kier molecular flexibility index (Phi) is 2.36. The van der Waals surface area contributed by atoms with Crippen molar-refractivity contribution in [3.05, 3.63) is 33.6 Å². The fraction of sp³-hybridized carbons (Fsp3) is 0.333. The monoisotopic (exact) mass is 245 g/mol. The van der Waals surface area contributed by atoms with Crippen LogP contribution in [0.15, 0.2) is 28.1 Å². The Morgan fingerprint density at radius 1 is 1.00 bits per heavy atom. The maximum Gasteiger partial charge on any atom is 0.264 e. The van der Waals surface area contributed by atoms with Crippen molar-refractivity contribution in [3.63, 3.8) is 0 Å². The van der Waals surface area contributed by atoms with Crippen LogP contribution in [0.4, 0.5) is 5.82 Å². The van der Waals surface area contributed by atoms with Crippen LogP contribution in [0.1, 0.15) is 25.7 Å². The number of nitrogens with zero attached hydrogens (tertiary/aromatic N) is 2. The molecule has 3 rings (SSSR count). The smallest absolute Gasteiger partial charge is 0.264 e. The van der Waals surface area contributed by atoms with Crippen molar-refractivity contribution in [2.24, 2.45) is 0 Å². The summed E-state index contributed by atoms with van der Waals surface area (Å²) in [6.45, 7) is 0. The minimum absolute atomic E-state index is 0.180. The molecule has 2 heterocycles. The maximum absolute atomic E-state index is 12.2. The first-order chi connectivity index (χ1) is 8.68. The highest BCUT2D eigenvalue weighted by molar-refractivity contribution is 6.32. The molecule has 0 saturated heterocycles. The molecule has 0 bridgehead atoms. The largest absolute Gasteiger partial charge is 0.269 e. The van der Waals surface area contributed by atoms with Gasteiger partial charge in [-0.2, -0.15) is 5.10 Å². The Bertz CT molecular complexity index is 581. The predicted molar refractivity (Wildman–Crippen MR) is 62.8 cm³/mol. The molecule has 2 amide bonds. The molecule has 1 aromatic rings. The SMILES string of the molecule is O=C1C2=C(CCCC2)C(=O)N1c1ccc(=O)[nH]n1. The van der Waals surface area contributed by atoms with Gasteiger partial charge in [-0.1, -0.05) is 0 Å². The third-order valence-electron chi connectivity index (χ3n) is 3.28. The number of amides is 2. The summed E-state index contributed by atoms with van der Waals surface area (Å²) in [7, 11) is 0. The molecule has 92 valence electrons. The van der Waals surface area contributed by atoms with Gasteiger partial charge in [-0.15, -0.1) is 0 Å². The molecular weight excluding hydrogens is 234 g/mol. The fourth-order valence-electron chi connectivity index (χ4n) is 2.41. The van der Waals surface area contributed by atoms with Crippen LogP contribution in [0.5, 0.6) is 0 Å². The second-order valence-corrected chi connectivity index (χ2v) is 4.39. The summed E-state index contributed by atoms with van der Waals surface area (Å²) >= 11 is 0. The van der Waals surface area contributed by atoms with Crippen LogP contribution in [0.2, 0.25) is 0 Å². The molecule has 0 unspecified atom stereocenters. The molecule has 0 aromatic carbocycles. The van der Waals surface area contributed by atoms with E-state index in [4.69, 9.17) is 0 Å². The van der Waals surface area contributed by atoms with Crippen molar-refractivity contribution in [1.82, 2.24) is 10.2 Å². The quantitative estimate of drug-likeness (QED) is 0.731. The second-order valence-electron chi connectivity index (χ2n) is 4.39. The average molecular weight is 245 g/mol. The van der Waals surface area contributed by atoms with Crippen molar-refractivity contribution in [1.29, 1.82) is 0 Å². The van der Waals surface area contributed by atoms with Crippen LogP contribution in [0.25, 0.3) is 0 Å². The van der Waals surface area contributed by atoms with Crippen molar-refractivity contribution >= 4 is 17.6 Å². The highest BCUT2D eigenvalue weighted by Gasteiger charge is 2.40. The van der Waals surface area contributed by atoms with Gasteiger partial charge >= 0.3 is 0 Å². The molecule has 6 nitrogen and oxygen atoms in total. The van der Waals surface area contributed by atoms with Gasteiger partial charge in [0.05, 0.1) is 0 Å². The zero-order valence-corrected chi connectivity index (χ0v) is 9.60. The molecule has 0 saturated carbocycles. The highest BCUT2D eigenvalue weighted by Crippen LogP contribution is 2.34. The number of carbonyl (C=O) groups is 2. The highest BCUT2D eigenvalue weighted by atomic mass is 16.2. The standard InChI is InChI=1S/C12H11N3O3/c16-10-6-5-9(13-14-10)15-11(17)7-3-1-2-4-8(7)12(15)18/h5-6H,1-4H2,(H,14,16). The third kappa shape index (κ3) is 1.49. The van der Waals surface area contributed by atoms with Gasteiger partial charge in [0, 0.05) is 17.2 Å². The van der Waals surface area contributed by atoms with Gasteiger partial charge in [-0.25, -0.2) is 10.00 Å². The van der Waals surface area contributed by atoms with Crippen LogP contribution in [-0.2, 0) is 9.59 Å². The number of hydrogen-bond acceptors (Lipinski definition) is 4. The normalized spacial score (nSPS) is 19.4. The summed E-state index contributed by atoms with van der Waals surface area (Å²) in [6, 6.07) is 2.63. The molecule has 18 heavy (non-hydrogen) atoms. The molecule has 2 aliphatic rings. The minimum Gasteiger partial charge on any atom is -0.269 e. The second kappa shape index (κ2) is 3.90. The summed E-state index contributed by atoms with van der Waals surface area (Å²) < 4.78 is 0. The summed E-state index contributed by atoms with van der Waals surface area (Å²) in [5.74, 6) is -0.414. The van der Waals surface area contributed by atoms with E-state index in [1.807, 2.05) is 0 Å². The lowest BCUT2D eigenvalue weighted by Gasteiger charge is -2.12. The third-order valence-corrected chi connectivity index (χ3v) is 3.28. The number of aromatic nitrogens is 2. The number of hydrogen-bond donors (Lipinski definition) is 1. The Hall–Kier alpha value is -2.24. The Morgan fingerprint density at radius 2 is 1.61 bits per heavy atom. The number of H-pyrrole nitrogens is 1. The van der Waals surface area contributed by atoms with Crippen LogP contribution < -0.4 is 10.5 Å². The lowest BCUT2D eigenvalue weighted by molar-refractivity contribution is -0.120. The lowest BCUT2D eigenvalue weighted by Crippen LogP contribution is -2.33. The minimum atomic E-state index is -0.365. The number of carbonyl (C=O) groups excluding carboxylic acids is 2. The van der Waals surface area contributed by atoms with Gasteiger partial charge in [-0.3, -0.25) is 14.4 Å². The molecule has 1 N–H and O–H groups in total. The topological polar surface area (TPSA) is 83.1 Å². The number of aromatic amines is 1. The summed E-state index contributed by atoms with van der Waals surface area (Å²) in [6.07, 6.45) is 3.18. The van der Waals surface area contributed by atoms with E-state index in [0.717, 1.165) is 17.7 Å². The first-order valence-corrected chi connectivity index (χ1v) is 5.85. The number of nitrogens with one attached hydrogen (secondary N) is 1. The molecule has 6 heteroatoms. The van der Waals surface area contributed by atoms with E-state index < -0.39 is 0 Å². The van der Waals surface area contributed by atoms with Crippen molar-refractivity contribution < 1.29 is 9.59 Å². The molecule has 1 aliphatic carbocycles. The van der Waals surface area contributed by atoms with Crippen LogP contribution in [-0.4, -0.2) is 22.0 Å². The van der Waals surface area contributed by atoms with Gasteiger partial charge in [-0.05, 0) is 31.7 Å². The Balaban J connectivity index is 2.01.